The smallest absolute Gasteiger partial charge is 0.255 e. The van der Waals surface area contributed by atoms with Crippen LogP contribution in [0.5, 0.6) is 0 Å². The Balaban J connectivity index is 2.14. The Morgan fingerprint density at radius 2 is 1.31 bits per heavy atom. The summed E-state index contributed by atoms with van der Waals surface area (Å²) in [6.45, 7) is 5.37. The van der Waals surface area contributed by atoms with Gasteiger partial charge in [-0.2, -0.15) is 0 Å². The van der Waals surface area contributed by atoms with E-state index in [1.807, 2.05) is 79.4 Å². The van der Waals surface area contributed by atoms with Crippen molar-refractivity contribution < 1.29 is 4.79 Å². The van der Waals surface area contributed by atoms with Gasteiger partial charge in [-0.05, 0) is 25.5 Å². The van der Waals surface area contributed by atoms with E-state index in [4.69, 9.17) is 4.98 Å². The van der Waals surface area contributed by atoms with E-state index in [0.29, 0.717) is 13.1 Å². The van der Waals surface area contributed by atoms with E-state index in [1.165, 1.54) is 0 Å². The van der Waals surface area contributed by atoms with Gasteiger partial charge in [0, 0.05) is 29.6 Å². The Kier molecular flexibility index (Phi) is 5.39. The van der Waals surface area contributed by atoms with Gasteiger partial charge < -0.3 is 4.90 Å². The number of pyridine rings is 1. The van der Waals surface area contributed by atoms with Gasteiger partial charge in [0.25, 0.3) is 5.91 Å². The molecule has 3 aromatic carbocycles. The predicted octanol–water partition coefficient (Wildman–Crippen LogP) is 6.05. The van der Waals surface area contributed by atoms with Gasteiger partial charge >= 0.3 is 0 Å². The molecule has 0 aliphatic heterocycles. The Labute approximate surface area is 171 Å². The molecular formula is C26H24N2O. The van der Waals surface area contributed by atoms with Crippen LogP contribution >= 0.6 is 0 Å². The summed E-state index contributed by atoms with van der Waals surface area (Å²) in [7, 11) is 0. The minimum absolute atomic E-state index is 0.0460. The SMILES string of the molecule is CCN(CC)C(=O)c1c(-c2ccccc2)c(-c2ccccc2)nc2ccccc12. The van der Waals surface area contributed by atoms with E-state index in [2.05, 4.69) is 24.3 Å². The highest BCUT2D eigenvalue weighted by atomic mass is 16.2. The van der Waals surface area contributed by atoms with Crippen LogP contribution < -0.4 is 0 Å². The number of aromatic nitrogens is 1. The summed E-state index contributed by atoms with van der Waals surface area (Å²) in [6.07, 6.45) is 0. The molecular weight excluding hydrogens is 356 g/mol. The molecule has 3 heteroatoms. The lowest BCUT2D eigenvalue weighted by atomic mass is 9.91. The lowest BCUT2D eigenvalue weighted by Crippen LogP contribution is -2.31. The van der Waals surface area contributed by atoms with Crippen LogP contribution in [0.3, 0.4) is 0 Å². The largest absolute Gasteiger partial charge is 0.339 e. The van der Waals surface area contributed by atoms with Gasteiger partial charge in [-0.15, -0.1) is 0 Å². The van der Waals surface area contributed by atoms with Gasteiger partial charge in [0.15, 0.2) is 0 Å². The molecule has 1 heterocycles. The van der Waals surface area contributed by atoms with Crippen LogP contribution in [0.4, 0.5) is 0 Å². The number of para-hydroxylation sites is 1. The van der Waals surface area contributed by atoms with Crippen molar-refractivity contribution in [1.82, 2.24) is 9.88 Å². The number of fused-ring (bicyclic) bond motifs is 1. The molecule has 0 saturated carbocycles. The highest BCUT2D eigenvalue weighted by Crippen LogP contribution is 2.38. The topological polar surface area (TPSA) is 33.2 Å². The molecule has 144 valence electrons. The highest BCUT2D eigenvalue weighted by Gasteiger charge is 2.25. The summed E-state index contributed by atoms with van der Waals surface area (Å²) < 4.78 is 0. The van der Waals surface area contributed by atoms with Crippen LogP contribution in [0.25, 0.3) is 33.3 Å². The number of carbonyl (C=O) groups is 1. The number of rotatable bonds is 5. The molecule has 0 N–H and O–H groups in total. The van der Waals surface area contributed by atoms with Gasteiger partial charge in [-0.1, -0.05) is 78.9 Å². The van der Waals surface area contributed by atoms with Crippen LogP contribution in [0.15, 0.2) is 84.9 Å². The van der Waals surface area contributed by atoms with Crippen molar-refractivity contribution in [3.05, 3.63) is 90.5 Å². The number of hydrogen-bond acceptors (Lipinski definition) is 2. The third-order valence-corrected chi connectivity index (χ3v) is 5.27. The standard InChI is InChI=1S/C26H24N2O/c1-3-28(4-2)26(29)24-21-17-11-12-18-22(21)27-25(20-15-9-6-10-16-20)23(24)19-13-7-5-8-14-19/h5-18H,3-4H2,1-2H3. The number of hydrogen-bond donors (Lipinski definition) is 0. The number of carbonyl (C=O) groups excluding carboxylic acids is 1. The first-order chi connectivity index (χ1) is 14.2. The average molecular weight is 380 g/mol. The van der Waals surface area contributed by atoms with Gasteiger partial charge in [0.2, 0.25) is 0 Å². The van der Waals surface area contributed by atoms with Crippen LogP contribution in [0.1, 0.15) is 24.2 Å². The number of nitrogens with zero attached hydrogens (tertiary/aromatic N) is 2. The van der Waals surface area contributed by atoms with Crippen molar-refractivity contribution in [3.63, 3.8) is 0 Å². The molecule has 0 bridgehead atoms. The van der Waals surface area contributed by atoms with Crippen molar-refractivity contribution in [2.75, 3.05) is 13.1 Å². The third-order valence-electron chi connectivity index (χ3n) is 5.27. The quantitative estimate of drug-likeness (QED) is 0.422. The maximum atomic E-state index is 13.7. The molecule has 0 aliphatic rings. The van der Waals surface area contributed by atoms with E-state index in [0.717, 1.165) is 38.9 Å². The van der Waals surface area contributed by atoms with Crippen molar-refractivity contribution in [2.45, 2.75) is 13.8 Å². The lowest BCUT2D eigenvalue weighted by Gasteiger charge is -2.23. The molecule has 0 unspecified atom stereocenters. The summed E-state index contributed by atoms with van der Waals surface area (Å²) in [4.78, 5) is 20.6. The molecule has 1 amide bonds. The summed E-state index contributed by atoms with van der Waals surface area (Å²) >= 11 is 0. The van der Waals surface area contributed by atoms with Crippen LogP contribution in [-0.2, 0) is 0 Å². The fourth-order valence-corrected chi connectivity index (χ4v) is 3.79. The van der Waals surface area contributed by atoms with Crippen molar-refractivity contribution in [1.29, 1.82) is 0 Å². The zero-order chi connectivity index (χ0) is 20.2. The molecule has 4 aromatic rings. The zero-order valence-corrected chi connectivity index (χ0v) is 16.8. The maximum absolute atomic E-state index is 13.7. The average Bonchev–Trinajstić information content (AvgIpc) is 2.79. The molecule has 0 spiro atoms. The molecule has 0 aliphatic carbocycles. The van der Waals surface area contributed by atoms with Crippen molar-refractivity contribution in [2.24, 2.45) is 0 Å². The molecule has 3 nitrogen and oxygen atoms in total. The van der Waals surface area contributed by atoms with Gasteiger partial charge in [-0.25, -0.2) is 4.98 Å². The van der Waals surface area contributed by atoms with Gasteiger partial charge in [0.1, 0.15) is 0 Å². The zero-order valence-electron chi connectivity index (χ0n) is 16.8. The van der Waals surface area contributed by atoms with E-state index < -0.39 is 0 Å². The van der Waals surface area contributed by atoms with Crippen LogP contribution in [0.2, 0.25) is 0 Å². The second-order valence-corrected chi connectivity index (χ2v) is 6.94. The third kappa shape index (κ3) is 3.52. The second kappa shape index (κ2) is 8.27. The van der Waals surface area contributed by atoms with E-state index in [-0.39, 0.29) is 5.91 Å². The van der Waals surface area contributed by atoms with E-state index >= 15 is 0 Å². The van der Waals surface area contributed by atoms with Crippen molar-refractivity contribution >= 4 is 16.8 Å². The minimum atomic E-state index is 0.0460. The highest BCUT2D eigenvalue weighted by molar-refractivity contribution is 6.14. The summed E-state index contributed by atoms with van der Waals surface area (Å²) in [5.74, 6) is 0.0460. The van der Waals surface area contributed by atoms with Crippen LogP contribution in [0, 0.1) is 0 Å². The molecule has 4 rings (SSSR count). The monoisotopic (exact) mass is 380 g/mol. The molecule has 0 atom stereocenters. The maximum Gasteiger partial charge on any atom is 0.255 e. The van der Waals surface area contributed by atoms with E-state index in [9.17, 15) is 4.79 Å². The summed E-state index contributed by atoms with van der Waals surface area (Å²) in [5.41, 5.74) is 5.30. The first-order valence-electron chi connectivity index (χ1n) is 10.1. The number of amides is 1. The summed E-state index contributed by atoms with van der Waals surface area (Å²) in [5, 5.41) is 0.892. The first kappa shape index (κ1) is 18.9. The molecule has 1 aromatic heterocycles. The summed E-state index contributed by atoms with van der Waals surface area (Å²) in [6, 6.07) is 28.1. The second-order valence-electron chi connectivity index (χ2n) is 6.94. The normalized spacial score (nSPS) is 10.8. The Bertz CT molecular complexity index is 1130. The Morgan fingerprint density at radius 1 is 0.759 bits per heavy atom. The first-order valence-corrected chi connectivity index (χ1v) is 10.1. The fraction of sp³-hybridized carbons (Fsp3) is 0.154. The molecule has 0 fully saturated rings. The molecule has 0 saturated heterocycles. The molecule has 29 heavy (non-hydrogen) atoms. The fourth-order valence-electron chi connectivity index (χ4n) is 3.79. The van der Waals surface area contributed by atoms with Crippen LogP contribution in [-0.4, -0.2) is 28.9 Å². The molecule has 0 radical (unpaired) electrons. The Morgan fingerprint density at radius 3 is 1.93 bits per heavy atom. The van der Waals surface area contributed by atoms with Crippen molar-refractivity contribution in [3.8, 4) is 22.4 Å². The minimum Gasteiger partial charge on any atom is -0.339 e. The van der Waals surface area contributed by atoms with Gasteiger partial charge in [0.05, 0.1) is 16.8 Å². The van der Waals surface area contributed by atoms with Gasteiger partial charge in [-0.3, -0.25) is 4.79 Å². The predicted molar refractivity (Wildman–Crippen MR) is 120 cm³/mol. The Hall–Kier alpha value is -3.46. The number of benzene rings is 3. The lowest BCUT2D eigenvalue weighted by molar-refractivity contribution is 0.0775. The van der Waals surface area contributed by atoms with E-state index in [1.54, 1.807) is 0 Å².